The molecule has 0 aromatic heterocycles. The molecule has 2 aromatic carbocycles. The highest BCUT2D eigenvalue weighted by Gasteiger charge is 2.35. The monoisotopic (exact) mass is 454 g/mol. The summed E-state index contributed by atoms with van der Waals surface area (Å²) in [6, 6.07) is 11.6. The number of hydrogen-bond acceptors (Lipinski definition) is 8. The van der Waals surface area contributed by atoms with Crippen LogP contribution in [0.25, 0.3) is 0 Å². The Morgan fingerprint density at radius 3 is 2.61 bits per heavy atom. The van der Waals surface area contributed by atoms with Crippen molar-refractivity contribution in [2.75, 3.05) is 47.2 Å². The molecule has 9 heteroatoms. The molecule has 0 bridgehead atoms. The zero-order valence-electron chi connectivity index (χ0n) is 19.0. The zero-order chi connectivity index (χ0) is 22.8. The standard InChI is InChI=1S/C24H30N4O5/c1-30-17-4-5-18(22(12-17)31-2)19-13-20(26-25-19)24(29)28-9-7-27(8-10-28)14-16-3-6-21-23(11-16)33-15-32-21/h3-6,11-12,19-20,25-26H,7-10,13-15H2,1-2H3. The van der Waals surface area contributed by atoms with E-state index in [1.807, 2.05) is 35.2 Å². The van der Waals surface area contributed by atoms with E-state index in [0.717, 1.165) is 61.3 Å². The lowest BCUT2D eigenvalue weighted by atomic mass is 10.00. The lowest BCUT2D eigenvalue weighted by Gasteiger charge is -2.35. The number of carbonyl (C=O) groups excluding carboxylic acids is 1. The van der Waals surface area contributed by atoms with Gasteiger partial charge in [0, 0.05) is 44.4 Å². The van der Waals surface area contributed by atoms with Gasteiger partial charge >= 0.3 is 0 Å². The van der Waals surface area contributed by atoms with Crippen LogP contribution in [0.15, 0.2) is 36.4 Å². The normalized spacial score (nSPS) is 22.4. The van der Waals surface area contributed by atoms with Crippen molar-refractivity contribution in [1.82, 2.24) is 20.7 Å². The number of rotatable bonds is 6. The molecule has 2 atom stereocenters. The van der Waals surface area contributed by atoms with Crippen LogP contribution in [-0.2, 0) is 11.3 Å². The van der Waals surface area contributed by atoms with Crippen molar-refractivity contribution in [3.05, 3.63) is 47.5 Å². The van der Waals surface area contributed by atoms with Gasteiger partial charge < -0.3 is 23.8 Å². The minimum atomic E-state index is -0.262. The first-order valence-corrected chi connectivity index (χ1v) is 11.3. The van der Waals surface area contributed by atoms with E-state index in [1.54, 1.807) is 14.2 Å². The first-order valence-electron chi connectivity index (χ1n) is 11.3. The molecule has 1 amide bonds. The van der Waals surface area contributed by atoms with E-state index in [2.05, 4.69) is 21.8 Å². The van der Waals surface area contributed by atoms with Gasteiger partial charge in [0.1, 0.15) is 17.5 Å². The summed E-state index contributed by atoms with van der Waals surface area (Å²) in [4.78, 5) is 17.5. The summed E-state index contributed by atoms with van der Waals surface area (Å²) >= 11 is 0. The van der Waals surface area contributed by atoms with Crippen molar-refractivity contribution in [3.63, 3.8) is 0 Å². The highest BCUT2D eigenvalue weighted by atomic mass is 16.7. The lowest BCUT2D eigenvalue weighted by Crippen LogP contribution is -2.53. The van der Waals surface area contributed by atoms with Crippen molar-refractivity contribution in [1.29, 1.82) is 0 Å². The first-order chi connectivity index (χ1) is 16.1. The number of hydrazine groups is 1. The third kappa shape index (κ3) is 4.57. The molecule has 2 saturated heterocycles. The fourth-order valence-corrected chi connectivity index (χ4v) is 4.67. The molecule has 2 fully saturated rings. The average molecular weight is 455 g/mol. The Morgan fingerprint density at radius 1 is 1.00 bits per heavy atom. The molecule has 3 aliphatic heterocycles. The molecular weight excluding hydrogens is 424 g/mol. The van der Waals surface area contributed by atoms with Crippen molar-refractivity contribution >= 4 is 5.91 Å². The van der Waals surface area contributed by atoms with Crippen LogP contribution in [0.5, 0.6) is 23.0 Å². The van der Waals surface area contributed by atoms with Crippen molar-refractivity contribution in [2.45, 2.75) is 25.0 Å². The SMILES string of the molecule is COc1ccc(C2CC(C(=O)N3CCN(Cc4ccc5c(c4)OCO5)CC3)NN2)c(OC)c1. The topological polar surface area (TPSA) is 84.5 Å². The fraction of sp³-hybridized carbons (Fsp3) is 0.458. The fourth-order valence-electron chi connectivity index (χ4n) is 4.67. The van der Waals surface area contributed by atoms with E-state index >= 15 is 0 Å². The molecule has 2 unspecified atom stereocenters. The van der Waals surface area contributed by atoms with Gasteiger partial charge in [0.25, 0.3) is 0 Å². The van der Waals surface area contributed by atoms with Gasteiger partial charge in [0.05, 0.1) is 20.3 Å². The summed E-state index contributed by atoms with van der Waals surface area (Å²) in [5, 5.41) is 0. The number of ether oxygens (including phenoxy) is 4. The summed E-state index contributed by atoms with van der Waals surface area (Å²) in [5.41, 5.74) is 8.66. The van der Waals surface area contributed by atoms with Gasteiger partial charge in [-0.1, -0.05) is 12.1 Å². The molecule has 0 aliphatic carbocycles. The third-order valence-corrected chi connectivity index (χ3v) is 6.54. The van der Waals surface area contributed by atoms with E-state index in [4.69, 9.17) is 18.9 Å². The molecule has 0 radical (unpaired) electrons. The Bertz CT molecular complexity index is 1010. The predicted octanol–water partition coefficient (Wildman–Crippen LogP) is 1.68. The Balaban J connectivity index is 1.14. The van der Waals surface area contributed by atoms with Gasteiger partial charge in [-0.25, -0.2) is 10.9 Å². The number of hydrogen-bond donors (Lipinski definition) is 2. The van der Waals surface area contributed by atoms with E-state index in [0.29, 0.717) is 6.42 Å². The third-order valence-electron chi connectivity index (χ3n) is 6.54. The number of piperazine rings is 1. The van der Waals surface area contributed by atoms with Crippen LogP contribution in [0.4, 0.5) is 0 Å². The molecule has 2 aromatic rings. The van der Waals surface area contributed by atoms with Gasteiger partial charge in [-0.05, 0) is 30.2 Å². The van der Waals surface area contributed by atoms with Gasteiger partial charge in [-0.3, -0.25) is 9.69 Å². The second kappa shape index (κ2) is 9.46. The van der Waals surface area contributed by atoms with Crippen LogP contribution in [-0.4, -0.2) is 68.9 Å². The number of amides is 1. The second-order valence-electron chi connectivity index (χ2n) is 8.53. The molecule has 33 heavy (non-hydrogen) atoms. The molecular formula is C24H30N4O5. The molecule has 0 spiro atoms. The number of fused-ring (bicyclic) bond motifs is 1. The minimum Gasteiger partial charge on any atom is -0.497 e. The van der Waals surface area contributed by atoms with Gasteiger partial charge in [-0.15, -0.1) is 0 Å². The van der Waals surface area contributed by atoms with Gasteiger partial charge in [0.15, 0.2) is 11.5 Å². The van der Waals surface area contributed by atoms with E-state index < -0.39 is 0 Å². The Kier molecular flexibility index (Phi) is 6.26. The highest BCUT2D eigenvalue weighted by Crippen LogP contribution is 2.34. The maximum absolute atomic E-state index is 13.1. The maximum Gasteiger partial charge on any atom is 0.241 e. The van der Waals surface area contributed by atoms with Crippen LogP contribution >= 0.6 is 0 Å². The van der Waals surface area contributed by atoms with Crippen LogP contribution in [0.1, 0.15) is 23.6 Å². The van der Waals surface area contributed by atoms with Crippen LogP contribution < -0.4 is 29.8 Å². The number of methoxy groups -OCH3 is 2. The molecule has 3 aliphatic rings. The summed E-state index contributed by atoms with van der Waals surface area (Å²) in [7, 11) is 3.28. The average Bonchev–Trinajstić information content (AvgIpc) is 3.53. The number of benzene rings is 2. The lowest BCUT2D eigenvalue weighted by molar-refractivity contribution is -0.135. The first kappa shape index (κ1) is 21.8. The van der Waals surface area contributed by atoms with Gasteiger partial charge in [0.2, 0.25) is 12.7 Å². The van der Waals surface area contributed by atoms with Crippen LogP contribution in [0, 0.1) is 0 Å². The minimum absolute atomic E-state index is 0.00731. The zero-order valence-corrected chi connectivity index (χ0v) is 19.0. The van der Waals surface area contributed by atoms with Crippen molar-refractivity contribution < 1.29 is 23.7 Å². The van der Waals surface area contributed by atoms with E-state index in [-0.39, 0.29) is 24.8 Å². The van der Waals surface area contributed by atoms with Gasteiger partial charge in [-0.2, -0.15) is 0 Å². The smallest absolute Gasteiger partial charge is 0.241 e. The van der Waals surface area contributed by atoms with E-state index in [9.17, 15) is 4.79 Å². The molecule has 3 heterocycles. The predicted molar refractivity (Wildman–Crippen MR) is 121 cm³/mol. The highest BCUT2D eigenvalue weighted by molar-refractivity contribution is 5.82. The Morgan fingerprint density at radius 2 is 1.82 bits per heavy atom. The van der Waals surface area contributed by atoms with Crippen LogP contribution in [0.3, 0.4) is 0 Å². The molecule has 9 nitrogen and oxygen atoms in total. The summed E-state index contributed by atoms with van der Waals surface area (Å²) in [6.07, 6.45) is 0.666. The largest absolute Gasteiger partial charge is 0.497 e. The Labute approximate surface area is 193 Å². The number of nitrogens with one attached hydrogen (secondary N) is 2. The quantitative estimate of drug-likeness (QED) is 0.682. The Hall–Kier alpha value is -3.01. The van der Waals surface area contributed by atoms with Crippen LogP contribution in [0.2, 0.25) is 0 Å². The second-order valence-corrected chi connectivity index (χ2v) is 8.53. The number of carbonyl (C=O) groups is 1. The molecule has 5 rings (SSSR count). The molecule has 2 N–H and O–H groups in total. The number of nitrogens with zero attached hydrogens (tertiary/aromatic N) is 2. The summed E-state index contributed by atoms with van der Waals surface area (Å²) < 4.78 is 21.7. The van der Waals surface area contributed by atoms with Crippen molar-refractivity contribution in [2.24, 2.45) is 0 Å². The summed E-state index contributed by atoms with van der Waals surface area (Å²) in [6.45, 7) is 4.25. The maximum atomic E-state index is 13.1. The van der Waals surface area contributed by atoms with Crippen molar-refractivity contribution in [3.8, 4) is 23.0 Å². The molecule has 176 valence electrons. The summed E-state index contributed by atoms with van der Waals surface area (Å²) in [5.74, 6) is 3.24. The van der Waals surface area contributed by atoms with E-state index in [1.165, 1.54) is 5.56 Å². The molecule has 0 saturated carbocycles.